The number of amides is 1. The van der Waals surface area contributed by atoms with Crippen molar-refractivity contribution in [3.05, 3.63) is 17.5 Å². The van der Waals surface area contributed by atoms with E-state index in [1.54, 1.807) is 13.0 Å². The molecule has 6 heteroatoms. The van der Waals surface area contributed by atoms with E-state index in [-0.39, 0.29) is 18.9 Å². The highest BCUT2D eigenvalue weighted by Gasteiger charge is 2.17. The largest absolute Gasteiger partial charge is 0.394 e. The summed E-state index contributed by atoms with van der Waals surface area (Å²) < 4.78 is 4.87. The monoisotopic (exact) mass is 228 g/mol. The van der Waals surface area contributed by atoms with Gasteiger partial charge >= 0.3 is 0 Å². The molecule has 0 aliphatic heterocycles. The standard InChI is InChI=1S/C10H16N2O4/c1-6-3-8(16-12-6)4-10(15)11-9(5-13)7(2)14/h3,7,9,13-14H,4-5H2,1-2H3,(H,11,15)/t7-,9+/m0/s1. The molecule has 0 saturated heterocycles. The van der Waals surface area contributed by atoms with E-state index in [0.717, 1.165) is 0 Å². The predicted octanol–water partition coefficient (Wildman–Crippen LogP) is -0.617. The third-order valence-corrected chi connectivity index (χ3v) is 2.14. The molecule has 0 aliphatic carbocycles. The molecule has 0 radical (unpaired) electrons. The normalized spacial score (nSPS) is 14.5. The molecule has 1 heterocycles. The molecule has 1 aromatic heterocycles. The van der Waals surface area contributed by atoms with Crippen LogP contribution in [-0.4, -0.2) is 40.0 Å². The highest BCUT2D eigenvalue weighted by Crippen LogP contribution is 2.03. The number of carbonyl (C=O) groups excluding carboxylic acids is 1. The molecule has 0 saturated carbocycles. The smallest absolute Gasteiger partial charge is 0.228 e. The van der Waals surface area contributed by atoms with E-state index in [9.17, 15) is 9.90 Å². The van der Waals surface area contributed by atoms with Crippen molar-refractivity contribution in [3.63, 3.8) is 0 Å². The maximum Gasteiger partial charge on any atom is 0.228 e. The summed E-state index contributed by atoms with van der Waals surface area (Å²) in [6.07, 6.45) is -0.755. The zero-order chi connectivity index (χ0) is 12.1. The zero-order valence-corrected chi connectivity index (χ0v) is 9.30. The Morgan fingerprint density at radius 3 is 2.81 bits per heavy atom. The molecule has 2 atom stereocenters. The number of nitrogens with zero attached hydrogens (tertiary/aromatic N) is 1. The van der Waals surface area contributed by atoms with Gasteiger partial charge in [0.2, 0.25) is 5.91 Å². The van der Waals surface area contributed by atoms with Crippen LogP contribution in [0.4, 0.5) is 0 Å². The number of nitrogens with one attached hydrogen (secondary N) is 1. The fourth-order valence-electron chi connectivity index (χ4n) is 1.23. The lowest BCUT2D eigenvalue weighted by Crippen LogP contribution is -2.45. The van der Waals surface area contributed by atoms with E-state index in [1.807, 2.05) is 0 Å². The van der Waals surface area contributed by atoms with Crippen molar-refractivity contribution >= 4 is 5.91 Å². The Labute approximate surface area is 93.3 Å². The summed E-state index contributed by atoms with van der Waals surface area (Å²) in [6, 6.07) is 1.01. The van der Waals surface area contributed by atoms with Crippen molar-refractivity contribution in [2.45, 2.75) is 32.4 Å². The van der Waals surface area contributed by atoms with Gasteiger partial charge in [-0.2, -0.15) is 0 Å². The van der Waals surface area contributed by atoms with Crippen LogP contribution in [0.15, 0.2) is 10.6 Å². The minimum Gasteiger partial charge on any atom is -0.394 e. The van der Waals surface area contributed by atoms with Gasteiger partial charge in [-0.1, -0.05) is 5.16 Å². The van der Waals surface area contributed by atoms with Crippen LogP contribution >= 0.6 is 0 Å². The molecule has 0 spiro atoms. The van der Waals surface area contributed by atoms with Crippen molar-refractivity contribution in [1.82, 2.24) is 10.5 Å². The van der Waals surface area contributed by atoms with Gasteiger partial charge in [0.1, 0.15) is 5.76 Å². The Balaban J connectivity index is 2.47. The van der Waals surface area contributed by atoms with E-state index in [4.69, 9.17) is 9.63 Å². The summed E-state index contributed by atoms with van der Waals surface area (Å²) in [4.78, 5) is 11.5. The van der Waals surface area contributed by atoms with Crippen LogP contribution in [0.5, 0.6) is 0 Å². The van der Waals surface area contributed by atoms with Gasteiger partial charge in [0, 0.05) is 6.07 Å². The van der Waals surface area contributed by atoms with E-state index in [2.05, 4.69) is 10.5 Å². The van der Waals surface area contributed by atoms with Gasteiger partial charge < -0.3 is 20.1 Å². The third kappa shape index (κ3) is 3.63. The third-order valence-electron chi connectivity index (χ3n) is 2.14. The number of aryl methyl sites for hydroxylation is 1. The Bertz CT molecular complexity index is 348. The summed E-state index contributed by atoms with van der Waals surface area (Å²) in [6.45, 7) is 2.95. The summed E-state index contributed by atoms with van der Waals surface area (Å²) in [5, 5.41) is 24.3. The quantitative estimate of drug-likeness (QED) is 0.624. The highest BCUT2D eigenvalue weighted by atomic mass is 16.5. The predicted molar refractivity (Wildman–Crippen MR) is 55.6 cm³/mol. The van der Waals surface area contributed by atoms with Crippen molar-refractivity contribution in [2.24, 2.45) is 0 Å². The fourth-order valence-corrected chi connectivity index (χ4v) is 1.23. The maximum atomic E-state index is 11.5. The molecule has 3 N–H and O–H groups in total. The van der Waals surface area contributed by atoms with Crippen LogP contribution in [0.25, 0.3) is 0 Å². The van der Waals surface area contributed by atoms with Gasteiger partial charge in [-0.15, -0.1) is 0 Å². The maximum absolute atomic E-state index is 11.5. The average molecular weight is 228 g/mol. The first kappa shape index (κ1) is 12.7. The summed E-state index contributed by atoms with van der Waals surface area (Å²) in [5.41, 5.74) is 0.706. The Hall–Kier alpha value is -1.40. The molecular formula is C10H16N2O4. The van der Waals surface area contributed by atoms with Crippen molar-refractivity contribution in [2.75, 3.05) is 6.61 Å². The van der Waals surface area contributed by atoms with Gasteiger partial charge in [-0.05, 0) is 13.8 Å². The summed E-state index contributed by atoms with van der Waals surface area (Å²) >= 11 is 0. The lowest BCUT2D eigenvalue weighted by Gasteiger charge is -2.18. The van der Waals surface area contributed by atoms with Gasteiger partial charge in [0.15, 0.2) is 0 Å². The van der Waals surface area contributed by atoms with Gasteiger partial charge in [0.05, 0.1) is 30.9 Å². The van der Waals surface area contributed by atoms with Crippen LogP contribution in [-0.2, 0) is 11.2 Å². The molecule has 1 rings (SSSR count). The van der Waals surface area contributed by atoms with E-state index in [1.165, 1.54) is 6.92 Å². The van der Waals surface area contributed by atoms with E-state index in [0.29, 0.717) is 11.5 Å². The van der Waals surface area contributed by atoms with Crippen LogP contribution in [0.3, 0.4) is 0 Å². The van der Waals surface area contributed by atoms with Crippen LogP contribution < -0.4 is 5.32 Å². The molecule has 1 aromatic rings. The molecule has 16 heavy (non-hydrogen) atoms. The number of rotatable bonds is 5. The Morgan fingerprint density at radius 1 is 1.69 bits per heavy atom. The molecule has 0 bridgehead atoms. The Kier molecular flexibility index (Phi) is 4.45. The van der Waals surface area contributed by atoms with Crippen LogP contribution in [0.2, 0.25) is 0 Å². The molecule has 0 aliphatic rings. The second-order valence-electron chi connectivity index (χ2n) is 3.71. The topological polar surface area (TPSA) is 95.6 Å². The average Bonchev–Trinajstić information content (AvgIpc) is 2.60. The number of carbonyl (C=O) groups is 1. The molecule has 6 nitrogen and oxygen atoms in total. The van der Waals surface area contributed by atoms with Crippen molar-refractivity contribution < 1.29 is 19.5 Å². The van der Waals surface area contributed by atoms with E-state index >= 15 is 0 Å². The second kappa shape index (κ2) is 5.62. The number of hydrogen-bond acceptors (Lipinski definition) is 5. The summed E-state index contributed by atoms with van der Waals surface area (Å²) in [7, 11) is 0. The highest BCUT2D eigenvalue weighted by molar-refractivity contribution is 5.78. The number of aliphatic hydroxyl groups is 2. The van der Waals surface area contributed by atoms with Gasteiger partial charge in [0.25, 0.3) is 0 Å². The van der Waals surface area contributed by atoms with Crippen molar-refractivity contribution in [3.8, 4) is 0 Å². The van der Waals surface area contributed by atoms with Crippen LogP contribution in [0, 0.1) is 6.92 Å². The molecule has 0 fully saturated rings. The SMILES string of the molecule is Cc1cc(CC(=O)N[C@H](CO)[C@H](C)O)on1. The fraction of sp³-hybridized carbons (Fsp3) is 0.600. The lowest BCUT2D eigenvalue weighted by atomic mass is 10.2. The van der Waals surface area contributed by atoms with Crippen molar-refractivity contribution in [1.29, 1.82) is 0 Å². The lowest BCUT2D eigenvalue weighted by molar-refractivity contribution is -0.122. The first-order chi connectivity index (χ1) is 7.52. The first-order valence-electron chi connectivity index (χ1n) is 5.03. The minimum atomic E-state index is -0.801. The molecule has 90 valence electrons. The number of hydrogen-bond donors (Lipinski definition) is 3. The zero-order valence-electron chi connectivity index (χ0n) is 9.30. The first-order valence-corrected chi connectivity index (χ1v) is 5.03. The van der Waals surface area contributed by atoms with Crippen LogP contribution in [0.1, 0.15) is 18.4 Å². The van der Waals surface area contributed by atoms with E-state index < -0.39 is 12.1 Å². The number of aromatic nitrogens is 1. The summed E-state index contributed by atoms with van der Waals surface area (Å²) in [5.74, 6) is 0.133. The molecule has 0 aromatic carbocycles. The molecule has 0 unspecified atom stereocenters. The molecule has 1 amide bonds. The van der Waals surface area contributed by atoms with Gasteiger partial charge in [-0.3, -0.25) is 4.79 Å². The molecular weight excluding hydrogens is 212 g/mol. The Morgan fingerprint density at radius 2 is 2.38 bits per heavy atom. The minimum absolute atomic E-state index is 0.0457. The second-order valence-corrected chi connectivity index (χ2v) is 3.71. The van der Waals surface area contributed by atoms with Gasteiger partial charge in [-0.25, -0.2) is 0 Å². The number of aliphatic hydroxyl groups excluding tert-OH is 2.